The average Bonchev–Trinajstić information content (AvgIpc) is 2.41. The predicted octanol–water partition coefficient (Wildman–Crippen LogP) is 3.06. The first kappa shape index (κ1) is 17.3. The lowest BCUT2D eigenvalue weighted by Gasteiger charge is -2.41. The average molecular weight is 300 g/mol. The maximum absolute atomic E-state index is 11.2. The largest absolute Gasteiger partial charge is 0.497 e. The zero-order chi connectivity index (χ0) is 13.9. The van der Waals surface area contributed by atoms with Gasteiger partial charge in [0.25, 0.3) is 0 Å². The first-order valence-corrected chi connectivity index (χ1v) is 7.08. The molecule has 1 aliphatic rings. The first-order chi connectivity index (χ1) is 9.06. The molecule has 0 saturated heterocycles. The van der Waals surface area contributed by atoms with Gasteiger partial charge in [0.15, 0.2) is 0 Å². The highest BCUT2D eigenvalue weighted by Crippen LogP contribution is 2.42. The molecule has 0 aliphatic heterocycles. The molecular weight excluding hydrogens is 274 g/mol. The number of aliphatic hydroxyl groups is 1. The van der Waals surface area contributed by atoms with Crippen molar-refractivity contribution >= 4 is 12.4 Å². The molecule has 1 unspecified atom stereocenters. The highest BCUT2D eigenvalue weighted by atomic mass is 35.5. The van der Waals surface area contributed by atoms with Crippen LogP contribution in [0.5, 0.6) is 5.75 Å². The molecule has 0 spiro atoms. The molecule has 1 fully saturated rings. The lowest BCUT2D eigenvalue weighted by atomic mass is 9.71. The summed E-state index contributed by atoms with van der Waals surface area (Å²) >= 11 is 0. The minimum absolute atomic E-state index is 0. The molecule has 2 atom stereocenters. The lowest BCUT2D eigenvalue weighted by molar-refractivity contribution is -0.0619. The van der Waals surface area contributed by atoms with Crippen molar-refractivity contribution in [3.05, 3.63) is 29.8 Å². The maximum atomic E-state index is 11.2. The molecular formula is C16H26ClNO2. The van der Waals surface area contributed by atoms with Crippen molar-refractivity contribution in [2.45, 2.75) is 31.3 Å². The Kier molecular flexibility index (Phi) is 6.31. The molecule has 1 N–H and O–H groups in total. The van der Waals surface area contributed by atoms with E-state index in [1.165, 1.54) is 6.42 Å². The predicted molar refractivity (Wildman–Crippen MR) is 84.7 cm³/mol. The van der Waals surface area contributed by atoms with E-state index in [-0.39, 0.29) is 12.4 Å². The van der Waals surface area contributed by atoms with Crippen molar-refractivity contribution in [1.82, 2.24) is 4.90 Å². The van der Waals surface area contributed by atoms with Gasteiger partial charge in [-0.15, -0.1) is 12.4 Å². The van der Waals surface area contributed by atoms with Gasteiger partial charge >= 0.3 is 0 Å². The van der Waals surface area contributed by atoms with Crippen molar-refractivity contribution in [3.63, 3.8) is 0 Å². The van der Waals surface area contributed by atoms with E-state index in [0.29, 0.717) is 5.92 Å². The van der Waals surface area contributed by atoms with Crippen molar-refractivity contribution in [1.29, 1.82) is 0 Å². The van der Waals surface area contributed by atoms with E-state index in [9.17, 15) is 5.11 Å². The van der Waals surface area contributed by atoms with Crippen LogP contribution in [0, 0.1) is 5.92 Å². The molecule has 4 heteroatoms. The van der Waals surface area contributed by atoms with Gasteiger partial charge in [0.2, 0.25) is 0 Å². The molecule has 114 valence electrons. The Morgan fingerprint density at radius 3 is 2.75 bits per heavy atom. The van der Waals surface area contributed by atoms with E-state index in [2.05, 4.69) is 19.0 Å². The molecule has 0 bridgehead atoms. The Balaban J connectivity index is 0.00000200. The Morgan fingerprint density at radius 1 is 1.35 bits per heavy atom. The fourth-order valence-electron chi connectivity index (χ4n) is 3.18. The Bertz CT molecular complexity index is 425. The van der Waals surface area contributed by atoms with E-state index in [4.69, 9.17) is 4.74 Å². The van der Waals surface area contributed by atoms with E-state index in [1.54, 1.807) is 7.11 Å². The van der Waals surface area contributed by atoms with E-state index >= 15 is 0 Å². The number of ether oxygens (including phenoxy) is 1. The third kappa shape index (κ3) is 3.66. The Morgan fingerprint density at radius 2 is 2.10 bits per heavy atom. The van der Waals surface area contributed by atoms with Crippen LogP contribution in [0.25, 0.3) is 0 Å². The smallest absolute Gasteiger partial charge is 0.119 e. The van der Waals surface area contributed by atoms with E-state index in [0.717, 1.165) is 37.1 Å². The third-order valence-electron chi connectivity index (χ3n) is 4.19. The Hall–Kier alpha value is -0.770. The van der Waals surface area contributed by atoms with Gasteiger partial charge in [-0.3, -0.25) is 0 Å². The maximum Gasteiger partial charge on any atom is 0.119 e. The summed E-state index contributed by atoms with van der Waals surface area (Å²) in [6.45, 7) is 0.924. The Labute approximate surface area is 128 Å². The van der Waals surface area contributed by atoms with Gasteiger partial charge in [-0.25, -0.2) is 0 Å². The molecule has 1 aromatic carbocycles. The molecule has 0 heterocycles. The normalized spacial score (nSPS) is 26.1. The molecule has 0 amide bonds. The van der Waals surface area contributed by atoms with Crippen molar-refractivity contribution in [2.24, 2.45) is 5.92 Å². The molecule has 1 saturated carbocycles. The number of benzene rings is 1. The standard InChI is InChI=1S/C16H25NO2.ClH/c1-17(2)12-14-7-4-5-10-16(14,18)13-8-6-9-15(11-13)19-3;/h6,8-9,11,14,18H,4-5,7,10,12H2,1-3H3;1H/t14?,16-;/m1./s1. The van der Waals surface area contributed by atoms with Crippen LogP contribution in [0.2, 0.25) is 0 Å². The zero-order valence-electron chi connectivity index (χ0n) is 12.6. The van der Waals surface area contributed by atoms with E-state index < -0.39 is 5.60 Å². The van der Waals surface area contributed by atoms with Gasteiger partial charge in [-0.1, -0.05) is 25.0 Å². The van der Waals surface area contributed by atoms with Crippen LogP contribution >= 0.6 is 12.4 Å². The number of hydrogen-bond acceptors (Lipinski definition) is 3. The zero-order valence-corrected chi connectivity index (χ0v) is 13.4. The van der Waals surface area contributed by atoms with Gasteiger partial charge in [0, 0.05) is 12.5 Å². The monoisotopic (exact) mass is 299 g/mol. The summed E-state index contributed by atoms with van der Waals surface area (Å²) in [6, 6.07) is 7.90. The second-order valence-electron chi connectivity index (χ2n) is 5.86. The van der Waals surface area contributed by atoms with Crippen LogP contribution < -0.4 is 4.74 Å². The number of hydrogen-bond donors (Lipinski definition) is 1. The van der Waals surface area contributed by atoms with Crippen LogP contribution in [0.4, 0.5) is 0 Å². The summed E-state index contributed by atoms with van der Waals surface area (Å²) in [4.78, 5) is 2.17. The number of methoxy groups -OCH3 is 1. The minimum atomic E-state index is -0.711. The summed E-state index contributed by atoms with van der Waals surface area (Å²) < 4.78 is 5.29. The van der Waals surface area contributed by atoms with Crippen LogP contribution in [0.15, 0.2) is 24.3 Å². The molecule has 0 radical (unpaired) electrons. The molecule has 2 rings (SSSR count). The highest BCUT2D eigenvalue weighted by Gasteiger charge is 2.40. The summed E-state index contributed by atoms with van der Waals surface area (Å²) in [5, 5.41) is 11.2. The van der Waals surface area contributed by atoms with E-state index in [1.807, 2.05) is 24.3 Å². The van der Waals surface area contributed by atoms with Crippen molar-refractivity contribution < 1.29 is 9.84 Å². The topological polar surface area (TPSA) is 32.7 Å². The summed E-state index contributed by atoms with van der Waals surface area (Å²) in [5.41, 5.74) is 0.287. The summed E-state index contributed by atoms with van der Waals surface area (Å²) in [6.07, 6.45) is 4.24. The molecule has 1 aromatic rings. The van der Waals surface area contributed by atoms with Gasteiger partial charge in [0.1, 0.15) is 5.75 Å². The second-order valence-corrected chi connectivity index (χ2v) is 5.86. The third-order valence-corrected chi connectivity index (χ3v) is 4.19. The van der Waals surface area contributed by atoms with Gasteiger partial charge in [0.05, 0.1) is 12.7 Å². The quantitative estimate of drug-likeness (QED) is 0.927. The fraction of sp³-hybridized carbons (Fsp3) is 0.625. The number of nitrogens with zero attached hydrogens (tertiary/aromatic N) is 1. The first-order valence-electron chi connectivity index (χ1n) is 7.08. The second kappa shape index (κ2) is 7.30. The van der Waals surface area contributed by atoms with Crippen LogP contribution in [-0.2, 0) is 5.60 Å². The highest BCUT2D eigenvalue weighted by molar-refractivity contribution is 5.85. The molecule has 20 heavy (non-hydrogen) atoms. The van der Waals surface area contributed by atoms with Gasteiger partial charge in [-0.2, -0.15) is 0 Å². The summed E-state index contributed by atoms with van der Waals surface area (Å²) in [7, 11) is 5.81. The van der Waals surface area contributed by atoms with Crippen LogP contribution in [-0.4, -0.2) is 37.8 Å². The van der Waals surface area contributed by atoms with Crippen molar-refractivity contribution in [2.75, 3.05) is 27.7 Å². The summed E-state index contributed by atoms with van der Waals surface area (Å²) in [5.74, 6) is 1.11. The minimum Gasteiger partial charge on any atom is -0.497 e. The van der Waals surface area contributed by atoms with Gasteiger partial charge < -0.3 is 14.7 Å². The van der Waals surface area contributed by atoms with Gasteiger partial charge in [-0.05, 0) is 44.6 Å². The molecule has 1 aliphatic carbocycles. The SMILES string of the molecule is COc1cccc([C@]2(O)CCCCC2CN(C)C)c1.Cl. The van der Waals surface area contributed by atoms with Crippen molar-refractivity contribution in [3.8, 4) is 5.75 Å². The fourth-order valence-corrected chi connectivity index (χ4v) is 3.18. The number of rotatable bonds is 4. The van der Waals surface area contributed by atoms with Crippen LogP contribution in [0.3, 0.4) is 0 Å². The lowest BCUT2D eigenvalue weighted by Crippen LogP contribution is -2.43. The molecule has 0 aromatic heterocycles. The number of halogens is 1. The van der Waals surface area contributed by atoms with Crippen LogP contribution in [0.1, 0.15) is 31.2 Å². The molecule has 3 nitrogen and oxygen atoms in total.